The van der Waals surface area contributed by atoms with Gasteiger partial charge >= 0.3 is 6.03 Å². The van der Waals surface area contributed by atoms with Crippen molar-refractivity contribution < 1.29 is 23.4 Å². The van der Waals surface area contributed by atoms with E-state index in [1.54, 1.807) is 6.08 Å². The number of carbonyl (C=O) groups excluding carboxylic acids is 1. The minimum atomic E-state index is -0.895. The lowest BCUT2D eigenvalue weighted by atomic mass is 10.1. The Labute approximate surface area is 120 Å². The average molecular weight is 298 g/mol. The number of benzene rings is 1. The molecule has 0 fully saturated rings. The third-order valence-corrected chi connectivity index (χ3v) is 3.18. The molecule has 3 N–H and O–H groups in total. The van der Waals surface area contributed by atoms with Gasteiger partial charge in [-0.25, -0.2) is 13.6 Å². The van der Waals surface area contributed by atoms with E-state index < -0.39 is 23.4 Å². The number of aliphatic hydroxyl groups is 1. The fourth-order valence-corrected chi connectivity index (χ4v) is 2.18. The second-order valence-electron chi connectivity index (χ2n) is 4.74. The third kappa shape index (κ3) is 3.69. The van der Waals surface area contributed by atoms with Crippen molar-refractivity contribution in [1.29, 1.82) is 0 Å². The zero-order valence-electron chi connectivity index (χ0n) is 11.4. The molecule has 5 nitrogen and oxygen atoms in total. The molecule has 0 bridgehead atoms. The molecule has 1 aromatic rings. The molecule has 1 aliphatic carbocycles. The van der Waals surface area contributed by atoms with Crippen molar-refractivity contribution in [3.05, 3.63) is 35.9 Å². The summed E-state index contributed by atoms with van der Waals surface area (Å²) in [5.74, 6) is -2.26. The Bertz CT molecular complexity index is 540. The number of nitrogens with one attached hydrogen (secondary N) is 2. The maximum Gasteiger partial charge on any atom is 0.319 e. The van der Waals surface area contributed by atoms with Crippen molar-refractivity contribution in [2.75, 3.05) is 19.0 Å². The van der Waals surface area contributed by atoms with Crippen molar-refractivity contribution >= 4 is 11.7 Å². The molecule has 0 unspecified atom stereocenters. The van der Waals surface area contributed by atoms with Gasteiger partial charge < -0.3 is 20.5 Å². The standard InChI is InChI=1S/C14H16F2N2O3/c1-21-13-11(15)5-10(6-12(13)16)18-14(20)17-9-3-2-8(4-9)7-19/h2-3,5-6,8-9,19H,4,7H2,1H3,(H2,17,18,20)/t8-,9+/m0/s1. The van der Waals surface area contributed by atoms with Crippen LogP contribution in [0.1, 0.15) is 6.42 Å². The molecule has 114 valence electrons. The molecule has 0 saturated carbocycles. The van der Waals surface area contributed by atoms with Crippen LogP contribution in [0.5, 0.6) is 5.75 Å². The van der Waals surface area contributed by atoms with Crippen LogP contribution >= 0.6 is 0 Å². The topological polar surface area (TPSA) is 70.6 Å². The van der Waals surface area contributed by atoms with E-state index in [9.17, 15) is 13.6 Å². The monoisotopic (exact) mass is 298 g/mol. The van der Waals surface area contributed by atoms with E-state index in [0.29, 0.717) is 6.42 Å². The Hall–Kier alpha value is -2.15. The number of ether oxygens (including phenoxy) is 1. The summed E-state index contributed by atoms with van der Waals surface area (Å²) in [5.41, 5.74) is -0.0102. The van der Waals surface area contributed by atoms with Gasteiger partial charge in [0.2, 0.25) is 0 Å². The molecular formula is C14H16F2N2O3. The minimum Gasteiger partial charge on any atom is -0.491 e. The highest BCUT2D eigenvalue weighted by atomic mass is 19.1. The molecule has 2 rings (SSSR count). The predicted molar refractivity (Wildman–Crippen MR) is 73.2 cm³/mol. The van der Waals surface area contributed by atoms with E-state index in [0.717, 1.165) is 19.2 Å². The Morgan fingerprint density at radius 3 is 2.57 bits per heavy atom. The van der Waals surface area contributed by atoms with Gasteiger partial charge in [-0.15, -0.1) is 0 Å². The number of halogens is 2. The van der Waals surface area contributed by atoms with Crippen LogP contribution in [0.3, 0.4) is 0 Å². The summed E-state index contributed by atoms with van der Waals surface area (Å²) in [5, 5.41) is 14.0. The highest BCUT2D eigenvalue weighted by Crippen LogP contribution is 2.25. The fourth-order valence-electron chi connectivity index (χ4n) is 2.18. The normalized spacial score (nSPS) is 20.4. The second kappa shape index (κ2) is 6.53. The highest BCUT2D eigenvalue weighted by molar-refractivity contribution is 5.89. The number of amides is 2. The summed E-state index contributed by atoms with van der Waals surface area (Å²) < 4.78 is 31.5. The maximum atomic E-state index is 13.5. The second-order valence-corrected chi connectivity index (χ2v) is 4.74. The van der Waals surface area contributed by atoms with Crippen LogP contribution < -0.4 is 15.4 Å². The SMILES string of the molecule is COc1c(F)cc(NC(=O)N[C@@H]2C=C[C@H](CO)C2)cc1F. The molecule has 1 aromatic carbocycles. The van der Waals surface area contributed by atoms with Gasteiger partial charge in [-0.1, -0.05) is 12.2 Å². The first-order chi connectivity index (χ1) is 10.0. The zero-order chi connectivity index (χ0) is 15.4. The molecular weight excluding hydrogens is 282 g/mol. The summed E-state index contributed by atoms with van der Waals surface area (Å²) >= 11 is 0. The summed E-state index contributed by atoms with van der Waals surface area (Å²) in [6.45, 7) is 0.0190. The first-order valence-electron chi connectivity index (χ1n) is 6.43. The van der Waals surface area contributed by atoms with Gasteiger partial charge in [0.15, 0.2) is 17.4 Å². The Morgan fingerprint density at radius 2 is 2.05 bits per heavy atom. The number of methoxy groups -OCH3 is 1. The number of urea groups is 1. The molecule has 0 heterocycles. The summed E-state index contributed by atoms with van der Waals surface area (Å²) in [4.78, 5) is 11.7. The summed E-state index contributed by atoms with van der Waals surface area (Å²) in [7, 11) is 1.16. The average Bonchev–Trinajstić information content (AvgIpc) is 2.85. The first kappa shape index (κ1) is 15.2. The number of carbonyl (C=O) groups is 1. The van der Waals surface area contributed by atoms with Crippen LogP contribution in [0.25, 0.3) is 0 Å². The van der Waals surface area contributed by atoms with Crippen LogP contribution in [-0.4, -0.2) is 30.9 Å². The molecule has 7 heteroatoms. The molecule has 2 atom stereocenters. The molecule has 2 amide bonds. The first-order valence-corrected chi connectivity index (χ1v) is 6.43. The van der Waals surface area contributed by atoms with Crippen molar-refractivity contribution in [2.24, 2.45) is 5.92 Å². The Kier molecular flexibility index (Phi) is 4.74. The summed E-state index contributed by atoms with van der Waals surface area (Å²) in [6, 6.07) is 1.16. The number of hydrogen-bond donors (Lipinski definition) is 3. The number of anilines is 1. The largest absolute Gasteiger partial charge is 0.491 e. The van der Waals surface area contributed by atoms with Gasteiger partial charge in [-0.2, -0.15) is 0 Å². The lowest BCUT2D eigenvalue weighted by Crippen LogP contribution is -2.36. The van der Waals surface area contributed by atoms with Gasteiger partial charge in [0.25, 0.3) is 0 Å². The molecule has 0 radical (unpaired) electrons. The van der Waals surface area contributed by atoms with Gasteiger partial charge in [-0.3, -0.25) is 0 Å². The van der Waals surface area contributed by atoms with Crippen molar-refractivity contribution in [1.82, 2.24) is 5.32 Å². The van der Waals surface area contributed by atoms with Gasteiger partial charge in [0.1, 0.15) is 0 Å². The van der Waals surface area contributed by atoms with Crippen molar-refractivity contribution in [3.63, 3.8) is 0 Å². The van der Waals surface area contributed by atoms with Gasteiger partial charge in [-0.05, 0) is 6.42 Å². The molecule has 0 aliphatic heterocycles. The van der Waals surface area contributed by atoms with Crippen LogP contribution in [0.15, 0.2) is 24.3 Å². The highest BCUT2D eigenvalue weighted by Gasteiger charge is 2.20. The molecule has 21 heavy (non-hydrogen) atoms. The van der Waals surface area contributed by atoms with Crippen LogP contribution in [0.4, 0.5) is 19.3 Å². The van der Waals surface area contributed by atoms with Crippen LogP contribution in [-0.2, 0) is 0 Å². The Morgan fingerprint density at radius 1 is 1.38 bits per heavy atom. The van der Waals surface area contributed by atoms with E-state index in [4.69, 9.17) is 5.11 Å². The predicted octanol–water partition coefficient (Wildman–Crippen LogP) is 2.03. The van der Waals surface area contributed by atoms with E-state index in [1.807, 2.05) is 6.08 Å². The Balaban J connectivity index is 1.96. The minimum absolute atomic E-state index is 0.0102. The lowest BCUT2D eigenvalue weighted by Gasteiger charge is -2.14. The molecule has 1 aliphatic rings. The molecule has 0 aromatic heterocycles. The molecule has 0 saturated heterocycles. The molecule has 0 spiro atoms. The van der Waals surface area contributed by atoms with Crippen molar-refractivity contribution in [2.45, 2.75) is 12.5 Å². The quantitative estimate of drug-likeness (QED) is 0.745. The maximum absolute atomic E-state index is 13.5. The number of aliphatic hydroxyl groups excluding tert-OH is 1. The summed E-state index contributed by atoms with van der Waals surface area (Å²) in [6.07, 6.45) is 4.18. The zero-order valence-corrected chi connectivity index (χ0v) is 11.4. The van der Waals surface area contributed by atoms with E-state index >= 15 is 0 Å². The van der Waals surface area contributed by atoms with Crippen molar-refractivity contribution in [3.8, 4) is 5.75 Å². The van der Waals surface area contributed by atoms with E-state index in [1.165, 1.54) is 0 Å². The number of hydrogen-bond acceptors (Lipinski definition) is 3. The third-order valence-electron chi connectivity index (χ3n) is 3.18. The smallest absolute Gasteiger partial charge is 0.319 e. The van der Waals surface area contributed by atoms with E-state index in [2.05, 4.69) is 15.4 Å². The number of rotatable bonds is 4. The van der Waals surface area contributed by atoms with Crippen LogP contribution in [0, 0.1) is 17.6 Å². The fraction of sp³-hybridized carbons (Fsp3) is 0.357. The van der Waals surface area contributed by atoms with Gasteiger partial charge in [0, 0.05) is 36.4 Å². The van der Waals surface area contributed by atoms with Crippen LogP contribution in [0.2, 0.25) is 0 Å². The van der Waals surface area contributed by atoms with E-state index in [-0.39, 0.29) is 24.3 Å². The lowest BCUT2D eigenvalue weighted by molar-refractivity contribution is 0.238. The van der Waals surface area contributed by atoms with Gasteiger partial charge in [0.05, 0.1) is 7.11 Å².